The van der Waals surface area contributed by atoms with Gasteiger partial charge in [0, 0.05) is 42.4 Å². The number of aromatic amines is 2. The summed E-state index contributed by atoms with van der Waals surface area (Å²) in [6.45, 7) is 3.02. The lowest BCUT2D eigenvalue weighted by Gasteiger charge is -2.37. The van der Waals surface area contributed by atoms with Crippen LogP contribution in [0.2, 0.25) is 0 Å². The number of nitrogens with one attached hydrogen (secondary N) is 3. The SMILES string of the molecule is Cc1cn([C@H]2C[C@H](NS(=O)(=O)CC[C@H]3O[C@@H](n4cc(C)c(=O)[nH]c4=O)C[C@@H]3N)[C@@H](COC(c3ccccc3)(c3ccccc3)c3ccccc3)O2)c(=O)[nH]c1=O. The van der Waals surface area contributed by atoms with Gasteiger partial charge >= 0.3 is 11.4 Å². The van der Waals surface area contributed by atoms with Crippen LogP contribution in [0.3, 0.4) is 0 Å². The van der Waals surface area contributed by atoms with E-state index in [1.165, 1.54) is 21.5 Å². The van der Waals surface area contributed by atoms with Crippen LogP contribution in [0.4, 0.5) is 0 Å². The summed E-state index contributed by atoms with van der Waals surface area (Å²) in [7, 11) is -4.03. The standard InChI is InChI=1S/C40H44N6O9S/c1-25-22-45(38(49)42-36(25)47)34-20-30(41)32(54-34)18-19-56(51,52)44-31-21-35(46-23-26(2)37(48)43-39(46)50)55-33(31)24-53-40(27-12-6-3-7-13-27,28-14-8-4-9-15-28)29-16-10-5-11-17-29/h3-17,22-23,30-35,44H,18-21,24,41H2,1-2H3,(H,42,47,49)(H,43,48,50)/t30-,31-,32+,33+,34+,35+/m0/s1. The summed E-state index contributed by atoms with van der Waals surface area (Å²) in [5, 5.41) is 0. The van der Waals surface area contributed by atoms with Gasteiger partial charge in [0.15, 0.2) is 0 Å². The molecule has 2 saturated heterocycles. The van der Waals surface area contributed by atoms with E-state index in [1.807, 2.05) is 91.0 Å². The predicted octanol–water partition coefficient (Wildman–Crippen LogP) is 2.29. The minimum Gasteiger partial charge on any atom is -0.358 e. The summed E-state index contributed by atoms with van der Waals surface area (Å²) in [5.74, 6) is -0.369. The van der Waals surface area contributed by atoms with Gasteiger partial charge in [0.25, 0.3) is 11.1 Å². The lowest BCUT2D eigenvalue weighted by atomic mass is 9.80. The van der Waals surface area contributed by atoms with E-state index in [-0.39, 0.29) is 37.2 Å². The zero-order valence-electron chi connectivity index (χ0n) is 30.9. The van der Waals surface area contributed by atoms with Gasteiger partial charge in [-0.3, -0.25) is 28.7 Å². The molecule has 0 spiro atoms. The summed E-state index contributed by atoms with van der Waals surface area (Å²) in [4.78, 5) is 54.2. The van der Waals surface area contributed by atoms with Crippen molar-refractivity contribution in [2.45, 2.75) is 75.5 Å². The average molecular weight is 785 g/mol. The summed E-state index contributed by atoms with van der Waals surface area (Å²) >= 11 is 0. The van der Waals surface area contributed by atoms with Crippen LogP contribution in [0.1, 0.15) is 59.5 Å². The second kappa shape index (κ2) is 16.1. The number of benzene rings is 3. The number of rotatable bonds is 13. The van der Waals surface area contributed by atoms with Crippen LogP contribution in [0.5, 0.6) is 0 Å². The molecule has 0 saturated carbocycles. The summed E-state index contributed by atoms with van der Waals surface area (Å²) in [6.07, 6.45) is -0.225. The van der Waals surface area contributed by atoms with Gasteiger partial charge in [-0.15, -0.1) is 0 Å². The zero-order chi connectivity index (χ0) is 39.6. The van der Waals surface area contributed by atoms with Crippen molar-refractivity contribution in [2.24, 2.45) is 5.73 Å². The van der Waals surface area contributed by atoms with Crippen molar-refractivity contribution in [1.82, 2.24) is 23.8 Å². The van der Waals surface area contributed by atoms with Gasteiger partial charge in [0.1, 0.15) is 18.1 Å². The highest BCUT2D eigenvalue weighted by molar-refractivity contribution is 7.89. The molecule has 0 unspecified atom stereocenters. The Morgan fingerprint density at radius 2 is 1.18 bits per heavy atom. The van der Waals surface area contributed by atoms with Crippen molar-refractivity contribution in [1.29, 1.82) is 0 Å². The first-order chi connectivity index (χ1) is 26.8. The number of hydrogen-bond donors (Lipinski definition) is 4. The Labute approximate surface area is 322 Å². The number of hydrogen-bond acceptors (Lipinski definition) is 10. The number of ether oxygens (including phenoxy) is 3. The van der Waals surface area contributed by atoms with Crippen LogP contribution in [0.15, 0.2) is 123 Å². The maximum Gasteiger partial charge on any atom is 0.330 e. The Kier molecular flexibility index (Phi) is 11.2. The Morgan fingerprint density at radius 1 is 0.732 bits per heavy atom. The number of aromatic nitrogens is 4. The van der Waals surface area contributed by atoms with Gasteiger partial charge in [0.2, 0.25) is 10.0 Å². The molecule has 56 heavy (non-hydrogen) atoms. The fraction of sp³-hybridized carbons (Fsp3) is 0.350. The van der Waals surface area contributed by atoms with Crippen molar-refractivity contribution >= 4 is 10.0 Å². The number of aryl methyl sites for hydroxylation is 2. The minimum atomic E-state index is -4.03. The molecule has 294 valence electrons. The van der Waals surface area contributed by atoms with Crippen molar-refractivity contribution in [3.8, 4) is 0 Å². The van der Waals surface area contributed by atoms with Crippen LogP contribution >= 0.6 is 0 Å². The van der Waals surface area contributed by atoms with Crippen LogP contribution in [-0.2, 0) is 29.8 Å². The Morgan fingerprint density at radius 3 is 1.66 bits per heavy atom. The van der Waals surface area contributed by atoms with E-state index in [0.29, 0.717) is 5.56 Å². The topological polar surface area (TPSA) is 210 Å². The second-order valence-electron chi connectivity index (χ2n) is 14.3. The second-order valence-corrected chi connectivity index (χ2v) is 16.1. The Hall–Kier alpha value is -5.23. The van der Waals surface area contributed by atoms with Gasteiger partial charge in [-0.05, 0) is 37.0 Å². The lowest BCUT2D eigenvalue weighted by Crippen LogP contribution is -2.45. The fourth-order valence-corrected chi connectivity index (χ4v) is 8.89. The molecule has 15 nitrogen and oxygen atoms in total. The molecule has 2 fully saturated rings. The third kappa shape index (κ3) is 8.02. The lowest BCUT2D eigenvalue weighted by molar-refractivity contribution is -0.0804. The molecule has 4 heterocycles. The third-order valence-electron chi connectivity index (χ3n) is 10.4. The highest BCUT2D eigenvalue weighted by Crippen LogP contribution is 2.41. The molecule has 3 aromatic carbocycles. The maximum absolute atomic E-state index is 13.8. The molecule has 2 aliphatic heterocycles. The van der Waals surface area contributed by atoms with E-state index < -0.39 is 74.9 Å². The highest BCUT2D eigenvalue weighted by Gasteiger charge is 2.44. The van der Waals surface area contributed by atoms with Gasteiger partial charge in [-0.25, -0.2) is 22.7 Å². The van der Waals surface area contributed by atoms with Crippen molar-refractivity contribution in [3.05, 3.63) is 173 Å². The molecule has 2 aliphatic rings. The molecule has 7 rings (SSSR count). The predicted molar refractivity (Wildman–Crippen MR) is 208 cm³/mol. The number of H-pyrrole nitrogens is 2. The zero-order valence-corrected chi connectivity index (χ0v) is 31.7. The van der Waals surface area contributed by atoms with Gasteiger partial charge in [0.05, 0.1) is 30.6 Å². The summed E-state index contributed by atoms with van der Waals surface area (Å²) in [5.41, 5.74) is 5.95. The first-order valence-corrected chi connectivity index (χ1v) is 20.0. The first kappa shape index (κ1) is 39.0. The molecular weight excluding hydrogens is 741 g/mol. The summed E-state index contributed by atoms with van der Waals surface area (Å²) < 4.78 is 52.5. The van der Waals surface area contributed by atoms with Crippen LogP contribution < -0.4 is 33.0 Å². The van der Waals surface area contributed by atoms with Gasteiger partial charge in [-0.2, -0.15) is 0 Å². The van der Waals surface area contributed by atoms with E-state index in [0.717, 1.165) is 16.7 Å². The molecule has 0 bridgehead atoms. The third-order valence-corrected chi connectivity index (χ3v) is 11.9. The Bertz CT molecular complexity index is 2410. The maximum atomic E-state index is 13.8. The molecule has 6 atom stereocenters. The molecule has 16 heteroatoms. The highest BCUT2D eigenvalue weighted by atomic mass is 32.2. The number of nitrogens with two attached hydrogens (primary N) is 1. The van der Waals surface area contributed by atoms with Crippen LogP contribution in [0, 0.1) is 13.8 Å². The first-order valence-electron chi connectivity index (χ1n) is 18.4. The minimum absolute atomic E-state index is 0.0139. The smallest absolute Gasteiger partial charge is 0.330 e. The van der Waals surface area contributed by atoms with Crippen LogP contribution in [-0.4, -0.2) is 64.2 Å². The van der Waals surface area contributed by atoms with Crippen molar-refractivity contribution < 1.29 is 22.6 Å². The molecule has 5 aromatic rings. The molecule has 0 aliphatic carbocycles. The van der Waals surface area contributed by atoms with E-state index in [2.05, 4.69) is 14.7 Å². The van der Waals surface area contributed by atoms with Crippen molar-refractivity contribution in [2.75, 3.05) is 12.4 Å². The quantitative estimate of drug-likeness (QED) is 0.128. The van der Waals surface area contributed by atoms with Crippen molar-refractivity contribution in [3.63, 3.8) is 0 Å². The number of nitrogens with zero attached hydrogens (tertiary/aromatic N) is 2. The summed E-state index contributed by atoms with van der Waals surface area (Å²) in [6, 6.07) is 27.6. The Balaban J connectivity index is 1.16. The largest absolute Gasteiger partial charge is 0.358 e. The van der Waals surface area contributed by atoms with E-state index in [9.17, 15) is 27.6 Å². The van der Waals surface area contributed by atoms with E-state index in [4.69, 9.17) is 19.9 Å². The molecular formula is C40H44N6O9S. The van der Waals surface area contributed by atoms with Gasteiger partial charge in [-0.1, -0.05) is 91.0 Å². The normalized spacial score (nSPS) is 22.7. The molecule has 0 radical (unpaired) electrons. The average Bonchev–Trinajstić information content (AvgIpc) is 3.76. The fourth-order valence-electron chi connectivity index (χ4n) is 7.52. The van der Waals surface area contributed by atoms with E-state index >= 15 is 0 Å². The molecule has 2 aromatic heterocycles. The number of sulfonamides is 1. The monoisotopic (exact) mass is 784 g/mol. The van der Waals surface area contributed by atoms with E-state index in [1.54, 1.807) is 13.8 Å². The molecule has 5 N–H and O–H groups in total. The van der Waals surface area contributed by atoms with Crippen LogP contribution in [0.25, 0.3) is 0 Å². The van der Waals surface area contributed by atoms with Gasteiger partial charge < -0.3 is 19.9 Å². The molecule has 0 amide bonds.